The third kappa shape index (κ3) is 4.55. The minimum absolute atomic E-state index is 0.00892. The molecule has 2 heterocycles. The number of amides is 1. The maximum atomic E-state index is 12.2. The summed E-state index contributed by atoms with van der Waals surface area (Å²) in [5.41, 5.74) is 2.34. The van der Waals surface area contributed by atoms with Crippen molar-refractivity contribution in [2.45, 2.75) is 6.92 Å². The molecule has 10 heteroatoms. The standard InChI is InChI=1S/C19H17N5O4S/c1-2-28-14-5-3-13(4-6-14)24-18(27)15(17(26)22-19(24)29)11-21-23-16(25)12-7-9-20-10-8-12/h3-11,27H,2H2,1H3,(H,23,25)(H,22,26,29)/b21-11+. The fraction of sp³-hybridized carbons (Fsp3) is 0.105. The number of pyridine rings is 1. The molecule has 29 heavy (non-hydrogen) atoms. The summed E-state index contributed by atoms with van der Waals surface area (Å²) in [6, 6.07) is 9.83. The molecule has 0 bridgehead atoms. The summed E-state index contributed by atoms with van der Waals surface area (Å²) in [5.74, 6) is -0.240. The van der Waals surface area contributed by atoms with Crippen LogP contribution in [-0.4, -0.2) is 38.4 Å². The van der Waals surface area contributed by atoms with Gasteiger partial charge in [0.15, 0.2) is 4.77 Å². The van der Waals surface area contributed by atoms with E-state index in [1.165, 1.54) is 29.1 Å². The second-order valence-electron chi connectivity index (χ2n) is 5.69. The van der Waals surface area contributed by atoms with Crippen LogP contribution >= 0.6 is 12.2 Å². The SMILES string of the molecule is CCOc1ccc(-n2c(O)c(/C=N/NC(=O)c3ccncc3)c(=O)[nH]c2=S)cc1. The normalized spacial score (nSPS) is 10.8. The number of ether oxygens (including phenoxy) is 1. The summed E-state index contributed by atoms with van der Waals surface area (Å²) in [6.45, 7) is 2.39. The number of carbonyl (C=O) groups is 1. The number of aromatic hydroxyl groups is 1. The lowest BCUT2D eigenvalue weighted by atomic mass is 10.2. The first-order chi connectivity index (χ1) is 14.0. The number of H-pyrrole nitrogens is 1. The van der Waals surface area contributed by atoms with Crippen molar-refractivity contribution < 1.29 is 14.6 Å². The van der Waals surface area contributed by atoms with Crippen molar-refractivity contribution in [2.75, 3.05) is 6.61 Å². The molecular formula is C19H17N5O4S. The van der Waals surface area contributed by atoms with Crippen molar-refractivity contribution in [2.24, 2.45) is 5.10 Å². The van der Waals surface area contributed by atoms with Gasteiger partial charge in [-0.15, -0.1) is 0 Å². The van der Waals surface area contributed by atoms with E-state index in [2.05, 4.69) is 20.5 Å². The lowest BCUT2D eigenvalue weighted by Gasteiger charge is -2.12. The molecule has 0 aliphatic carbocycles. The second kappa shape index (κ2) is 8.93. The van der Waals surface area contributed by atoms with Crippen LogP contribution in [0.4, 0.5) is 0 Å². The number of rotatable bonds is 6. The Morgan fingerprint density at radius 3 is 2.66 bits per heavy atom. The molecule has 0 radical (unpaired) electrons. The Morgan fingerprint density at radius 2 is 2.00 bits per heavy atom. The molecule has 0 saturated heterocycles. The topological polar surface area (TPSA) is 122 Å². The Hall–Kier alpha value is -3.79. The van der Waals surface area contributed by atoms with Crippen LogP contribution in [0.3, 0.4) is 0 Å². The van der Waals surface area contributed by atoms with Gasteiger partial charge < -0.3 is 9.84 Å². The van der Waals surface area contributed by atoms with Crippen molar-refractivity contribution in [1.82, 2.24) is 20.0 Å². The highest BCUT2D eigenvalue weighted by molar-refractivity contribution is 7.71. The molecule has 3 aromatic rings. The molecule has 0 spiro atoms. The van der Waals surface area contributed by atoms with Gasteiger partial charge in [-0.25, -0.2) is 5.43 Å². The number of aromatic amines is 1. The molecule has 1 aromatic carbocycles. The third-order valence-electron chi connectivity index (χ3n) is 3.83. The molecule has 2 aromatic heterocycles. The third-order valence-corrected chi connectivity index (χ3v) is 4.11. The van der Waals surface area contributed by atoms with E-state index in [9.17, 15) is 14.7 Å². The number of hydrogen-bond donors (Lipinski definition) is 3. The van der Waals surface area contributed by atoms with Crippen LogP contribution in [0, 0.1) is 4.77 Å². The predicted octanol–water partition coefficient (Wildman–Crippen LogP) is 2.16. The molecular weight excluding hydrogens is 394 g/mol. The van der Waals surface area contributed by atoms with E-state index in [4.69, 9.17) is 17.0 Å². The lowest BCUT2D eigenvalue weighted by Crippen LogP contribution is -2.21. The maximum Gasteiger partial charge on any atom is 0.271 e. The Labute approximate surface area is 170 Å². The number of nitrogens with one attached hydrogen (secondary N) is 2. The first-order valence-electron chi connectivity index (χ1n) is 8.56. The van der Waals surface area contributed by atoms with Crippen molar-refractivity contribution >= 4 is 24.3 Å². The molecule has 148 valence electrons. The average molecular weight is 411 g/mol. The van der Waals surface area contributed by atoms with E-state index in [0.717, 1.165) is 6.21 Å². The highest BCUT2D eigenvalue weighted by Gasteiger charge is 2.13. The van der Waals surface area contributed by atoms with Crippen LogP contribution in [0.5, 0.6) is 11.6 Å². The van der Waals surface area contributed by atoms with Crippen LogP contribution < -0.4 is 15.7 Å². The Balaban J connectivity index is 1.90. The highest BCUT2D eigenvalue weighted by atomic mass is 32.1. The molecule has 0 aliphatic rings. The smallest absolute Gasteiger partial charge is 0.271 e. The summed E-state index contributed by atoms with van der Waals surface area (Å²) in [7, 11) is 0. The van der Waals surface area contributed by atoms with Crippen molar-refractivity contribution in [3.8, 4) is 17.3 Å². The molecule has 3 rings (SSSR count). The molecule has 0 unspecified atom stereocenters. The average Bonchev–Trinajstić information content (AvgIpc) is 2.72. The van der Waals surface area contributed by atoms with Gasteiger partial charge in [0.05, 0.1) is 18.5 Å². The molecule has 0 aliphatic heterocycles. The van der Waals surface area contributed by atoms with Gasteiger partial charge in [-0.05, 0) is 55.5 Å². The second-order valence-corrected chi connectivity index (χ2v) is 6.08. The van der Waals surface area contributed by atoms with E-state index < -0.39 is 17.3 Å². The largest absolute Gasteiger partial charge is 0.494 e. The number of nitrogens with zero attached hydrogens (tertiary/aromatic N) is 3. The summed E-state index contributed by atoms with van der Waals surface area (Å²) in [6.07, 6.45) is 3.99. The Kier molecular flexibility index (Phi) is 6.15. The van der Waals surface area contributed by atoms with Gasteiger partial charge in [-0.3, -0.25) is 24.1 Å². The summed E-state index contributed by atoms with van der Waals surface area (Å²) in [5, 5.41) is 14.3. The van der Waals surface area contributed by atoms with Gasteiger partial charge in [0.2, 0.25) is 5.88 Å². The zero-order valence-electron chi connectivity index (χ0n) is 15.3. The summed E-state index contributed by atoms with van der Waals surface area (Å²) in [4.78, 5) is 30.5. The Bertz CT molecular complexity index is 1150. The predicted molar refractivity (Wildman–Crippen MR) is 109 cm³/mol. The van der Waals surface area contributed by atoms with Crippen LogP contribution in [0.25, 0.3) is 5.69 Å². The van der Waals surface area contributed by atoms with Crippen LogP contribution in [0.15, 0.2) is 58.7 Å². The zero-order chi connectivity index (χ0) is 20.8. The molecule has 0 saturated carbocycles. The first-order valence-corrected chi connectivity index (χ1v) is 8.97. The molecule has 3 N–H and O–H groups in total. The van der Waals surface area contributed by atoms with Gasteiger partial charge in [-0.1, -0.05) is 0 Å². The van der Waals surface area contributed by atoms with Gasteiger partial charge in [0.25, 0.3) is 11.5 Å². The summed E-state index contributed by atoms with van der Waals surface area (Å²) >= 11 is 5.17. The number of hydrazone groups is 1. The van der Waals surface area contributed by atoms with Gasteiger partial charge in [-0.2, -0.15) is 5.10 Å². The minimum atomic E-state index is -0.642. The van der Waals surface area contributed by atoms with Crippen molar-refractivity contribution in [3.05, 3.63) is 75.0 Å². The monoisotopic (exact) mass is 411 g/mol. The van der Waals surface area contributed by atoms with Gasteiger partial charge in [0, 0.05) is 18.0 Å². The molecule has 0 atom stereocenters. The number of benzene rings is 1. The zero-order valence-corrected chi connectivity index (χ0v) is 16.1. The van der Waals surface area contributed by atoms with Crippen molar-refractivity contribution in [1.29, 1.82) is 0 Å². The quantitative estimate of drug-likeness (QED) is 0.325. The van der Waals surface area contributed by atoms with Crippen LogP contribution in [-0.2, 0) is 0 Å². The summed E-state index contributed by atoms with van der Waals surface area (Å²) < 4.78 is 6.68. The van der Waals surface area contributed by atoms with E-state index in [1.807, 2.05) is 6.92 Å². The Morgan fingerprint density at radius 1 is 1.31 bits per heavy atom. The number of hydrogen-bond acceptors (Lipinski definition) is 7. The van der Waals surface area contributed by atoms with Crippen LogP contribution in [0.1, 0.15) is 22.8 Å². The molecule has 0 fully saturated rings. The molecule has 9 nitrogen and oxygen atoms in total. The highest BCUT2D eigenvalue weighted by Crippen LogP contribution is 2.21. The van der Waals surface area contributed by atoms with E-state index in [0.29, 0.717) is 23.6 Å². The van der Waals surface area contributed by atoms with Crippen LogP contribution in [0.2, 0.25) is 0 Å². The molecule has 1 amide bonds. The van der Waals surface area contributed by atoms with E-state index >= 15 is 0 Å². The fourth-order valence-corrected chi connectivity index (χ4v) is 2.76. The van der Waals surface area contributed by atoms with Crippen molar-refractivity contribution in [3.63, 3.8) is 0 Å². The lowest BCUT2D eigenvalue weighted by molar-refractivity contribution is 0.0955. The maximum absolute atomic E-state index is 12.2. The van der Waals surface area contributed by atoms with E-state index in [1.54, 1.807) is 24.3 Å². The minimum Gasteiger partial charge on any atom is -0.494 e. The number of aromatic nitrogens is 3. The van der Waals surface area contributed by atoms with Gasteiger partial charge >= 0.3 is 0 Å². The van der Waals surface area contributed by atoms with Gasteiger partial charge in [0.1, 0.15) is 11.3 Å². The number of carbonyl (C=O) groups excluding carboxylic acids is 1. The first kappa shape index (κ1) is 20.0. The fourth-order valence-electron chi connectivity index (χ4n) is 2.48. The van der Waals surface area contributed by atoms with E-state index in [-0.39, 0.29) is 10.3 Å².